The van der Waals surface area contributed by atoms with Gasteiger partial charge in [0.2, 0.25) is 11.9 Å². The lowest BCUT2D eigenvalue weighted by molar-refractivity contribution is -0.135. The molecule has 132 valence electrons. The molecular formula is C16H25N5O3. The largest absolute Gasteiger partial charge is 0.381 e. The van der Waals surface area contributed by atoms with Gasteiger partial charge in [0.15, 0.2) is 5.82 Å². The third-order valence-corrected chi connectivity index (χ3v) is 5.70. The highest BCUT2D eigenvalue weighted by molar-refractivity contribution is 5.83. The Bertz CT molecular complexity index is 629. The zero-order valence-electron chi connectivity index (χ0n) is 14.1. The van der Waals surface area contributed by atoms with Gasteiger partial charge in [0.05, 0.1) is 12.0 Å². The first-order chi connectivity index (χ1) is 11.6. The number of carbonyl (C=O) groups is 1. The predicted molar refractivity (Wildman–Crippen MR) is 86.2 cm³/mol. The highest BCUT2D eigenvalue weighted by Crippen LogP contribution is 2.43. The van der Waals surface area contributed by atoms with Crippen molar-refractivity contribution in [2.45, 2.75) is 32.4 Å². The maximum atomic E-state index is 12.2. The summed E-state index contributed by atoms with van der Waals surface area (Å²) >= 11 is 0. The van der Waals surface area contributed by atoms with Crippen molar-refractivity contribution < 1.29 is 14.3 Å². The summed E-state index contributed by atoms with van der Waals surface area (Å²) in [5, 5.41) is 8.73. The lowest BCUT2D eigenvalue weighted by Gasteiger charge is -2.35. The molecule has 1 amide bonds. The van der Waals surface area contributed by atoms with Crippen molar-refractivity contribution in [1.82, 2.24) is 14.8 Å². The van der Waals surface area contributed by atoms with E-state index in [2.05, 4.69) is 19.7 Å². The minimum atomic E-state index is -0.504. The Morgan fingerprint density at radius 3 is 2.96 bits per heavy atom. The molecule has 3 aliphatic rings. The van der Waals surface area contributed by atoms with Gasteiger partial charge in [-0.15, -0.1) is 10.2 Å². The number of amides is 1. The fourth-order valence-electron chi connectivity index (χ4n) is 4.05. The average Bonchev–Trinajstić information content (AvgIpc) is 3.16. The van der Waals surface area contributed by atoms with Gasteiger partial charge in [0.25, 0.3) is 0 Å². The smallest absolute Gasteiger partial charge is 0.227 e. The van der Waals surface area contributed by atoms with Crippen LogP contribution in [0.4, 0.5) is 5.95 Å². The predicted octanol–water partition coefficient (Wildman–Crippen LogP) is 0.163. The van der Waals surface area contributed by atoms with Crippen LogP contribution in [0.1, 0.15) is 25.1 Å². The van der Waals surface area contributed by atoms with E-state index >= 15 is 0 Å². The summed E-state index contributed by atoms with van der Waals surface area (Å²) in [5.74, 6) is 2.29. The SMILES string of the molecule is COCc1nnc(N2C[C@@H]3COCC[C@]3(C(N)=O)C2)n1CC1CC1. The number of ether oxygens (including phenoxy) is 2. The fourth-order valence-corrected chi connectivity index (χ4v) is 4.05. The minimum absolute atomic E-state index is 0.126. The summed E-state index contributed by atoms with van der Waals surface area (Å²) in [6, 6.07) is 0. The molecule has 0 spiro atoms. The number of nitrogens with zero attached hydrogens (tertiary/aromatic N) is 4. The van der Waals surface area contributed by atoms with Gasteiger partial charge in [-0.05, 0) is 25.2 Å². The second-order valence-corrected chi connectivity index (χ2v) is 7.33. The number of fused-ring (bicyclic) bond motifs is 1. The molecule has 3 fully saturated rings. The van der Waals surface area contributed by atoms with Gasteiger partial charge in [-0.1, -0.05) is 0 Å². The second kappa shape index (κ2) is 6.00. The molecule has 2 N–H and O–H groups in total. The Balaban J connectivity index is 1.63. The van der Waals surface area contributed by atoms with E-state index in [1.165, 1.54) is 12.8 Å². The van der Waals surface area contributed by atoms with Crippen molar-refractivity contribution in [2.75, 3.05) is 38.3 Å². The van der Waals surface area contributed by atoms with Crippen LogP contribution >= 0.6 is 0 Å². The van der Waals surface area contributed by atoms with Crippen molar-refractivity contribution in [3.05, 3.63) is 5.82 Å². The molecule has 1 saturated carbocycles. The lowest BCUT2D eigenvalue weighted by atomic mass is 9.74. The first-order valence-electron chi connectivity index (χ1n) is 8.67. The number of methoxy groups -OCH3 is 1. The van der Waals surface area contributed by atoms with Gasteiger partial charge in [-0.2, -0.15) is 0 Å². The molecule has 24 heavy (non-hydrogen) atoms. The van der Waals surface area contributed by atoms with E-state index in [1.54, 1.807) is 7.11 Å². The zero-order valence-corrected chi connectivity index (χ0v) is 14.1. The molecule has 8 nitrogen and oxygen atoms in total. The number of nitrogens with two attached hydrogens (primary N) is 1. The number of aromatic nitrogens is 3. The van der Waals surface area contributed by atoms with Crippen LogP contribution in [-0.4, -0.2) is 54.1 Å². The minimum Gasteiger partial charge on any atom is -0.381 e. The van der Waals surface area contributed by atoms with Crippen LogP contribution in [0.15, 0.2) is 0 Å². The Morgan fingerprint density at radius 1 is 1.46 bits per heavy atom. The van der Waals surface area contributed by atoms with E-state index in [9.17, 15) is 4.79 Å². The van der Waals surface area contributed by atoms with E-state index in [0.717, 1.165) is 24.9 Å². The average molecular weight is 335 g/mol. The van der Waals surface area contributed by atoms with Crippen LogP contribution in [0.5, 0.6) is 0 Å². The fraction of sp³-hybridized carbons (Fsp3) is 0.812. The summed E-state index contributed by atoms with van der Waals surface area (Å²) in [7, 11) is 1.67. The Labute approximate surface area is 141 Å². The first-order valence-corrected chi connectivity index (χ1v) is 8.67. The van der Waals surface area contributed by atoms with Crippen molar-refractivity contribution in [1.29, 1.82) is 0 Å². The molecule has 8 heteroatoms. The Morgan fingerprint density at radius 2 is 2.29 bits per heavy atom. The summed E-state index contributed by atoms with van der Waals surface area (Å²) in [6.45, 7) is 3.88. The molecule has 4 rings (SSSR count). The van der Waals surface area contributed by atoms with Gasteiger partial charge < -0.3 is 20.1 Å². The van der Waals surface area contributed by atoms with E-state index in [0.29, 0.717) is 38.7 Å². The Hall–Kier alpha value is -1.67. The van der Waals surface area contributed by atoms with Crippen LogP contribution in [-0.2, 0) is 27.4 Å². The van der Waals surface area contributed by atoms with Gasteiger partial charge >= 0.3 is 0 Å². The molecular weight excluding hydrogens is 310 g/mol. The van der Waals surface area contributed by atoms with Crippen molar-refractivity contribution >= 4 is 11.9 Å². The molecule has 3 heterocycles. The highest BCUT2D eigenvalue weighted by Gasteiger charge is 2.53. The topological polar surface area (TPSA) is 95.5 Å². The number of hydrogen-bond donors (Lipinski definition) is 1. The second-order valence-electron chi connectivity index (χ2n) is 7.33. The van der Waals surface area contributed by atoms with Crippen molar-refractivity contribution in [3.8, 4) is 0 Å². The van der Waals surface area contributed by atoms with Crippen LogP contribution < -0.4 is 10.6 Å². The Kier molecular flexibility index (Phi) is 3.96. The summed E-state index contributed by atoms with van der Waals surface area (Å²) < 4.78 is 13.0. The molecule has 0 bridgehead atoms. The lowest BCUT2D eigenvalue weighted by Crippen LogP contribution is -2.48. The molecule has 0 unspecified atom stereocenters. The first kappa shape index (κ1) is 15.8. The van der Waals surface area contributed by atoms with Gasteiger partial charge in [0.1, 0.15) is 6.61 Å². The van der Waals surface area contributed by atoms with E-state index < -0.39 is 5.41 Å². The van der Waals surface area contributed by atoms with Crippen LogP contribution in [0.2, 0.25) is 0 Å². The monoisotopic (exact) mass is 335 g/mol. The van der Waals surface area contributed by atoms with Gasteiger partial charge in [-0.3, -0.25) is 9.36 Å². The third-order valence-electron chi connectivity index (χ3n) is 5.70. The van der Waals surface area contributed by atoms with Crippen molar-refractivity contribution in [2.24, 2.45) is 23.0 Å². The number of hydrogen-bond acceptors (Lipinski definition) is 6. The number of anilines is 1. The highest BCUT2D eigenvalue weighted by atomic mass is 16.5. The van der Waals surface area contributed by atoms with E-state index in [1.807, 2.05) is 0 Å². The van der Waals surface area contributed by atoms with E-state index in [4.69, 9.17) is 15.2 Å². The molecule has 0 aromatic carbocycles. The molecule has 2 saturated heterocycles. The standard InChI is InChI=1S/C16H25N5O3/c1-23-9-13-18-19-15(21(13)6-11-2-3-11)20-7-12-8-24-5-4-16(12,10-20)14(17)22/h11-12H,2-10H2,1H3,(H2,17,22)/t12-,16+/m1/s1. The summed E-state index contributed by atoms with van der Waals surface area (Å²) in [6.07, 6.45) is 3.20. The molecule has 2 aliphatic heterocycles. The summed E-state index contributed by atoms with van der Waals surface area (Å²) in [5.41, 5.74) is 5.28. The summed E-state index contributed by atoms with van der Waals surface area (Å²) in [4.78, 5) is 14.4. The van der Waals surface area contributed by atoms with Crippen LogP contribution in [0.3, 0.4) is 0 Å². The molecule has 1 aliphatic carbocycles. The van der Waals surface area contributed by atoms with Crippen molar-refractivity contribution in [3.63, 3.8) is 0 Å². The quantitative estimate of drug-likeness (QED) is 0.796. The third kappa shape index (κ3) is 2.57. The zero-order chi connectivity index (χ0) is 16.7. The number of carbonyl (C=O) groups excluding carboxylic acids is 1. The molecule has 1 aromatic rings. The van der Waals surface area contributed by atoms with Crippen LogP contribution in [0, 0.1) is 17.3 Å². The normalized spacial score (nSPS) is 29.7. The van der Waals surface area contributed by atoms with Gasteiger partial charge in [-0.25, -0.2) is 0 Å². The maximum absolute atomic E-state index is 12.2. The molecule has 0 radical (unpaired) electrons. The number of primary amides is 1. The van der Waals surface area contributed by atoms with Gasteiger partial charge in [0, 0.05) is 39.3 Å². The maximum Gasteiger partial charge on any atom is 0.227 e. The van der Waals surface area contributed by atoms with E-state index in [-0.39, 0.29) is 11.8 Å². The molecule has 2 atom stereocenters. The molecule has 1 aromatic heterocycles. The van der Waals surface area contributed by atoms with Crippen LogP contribution in [0.25, 0.3) is 0 Å². The number of rotatable bonds is 6.